The van der Waals surface area contributed by atoms with E-state index in [1.807, 2.05) is 0 Å². The third-order valence-corrected chi connectivity index (χ3v) is 5.68. The highest BCUT2D eigenvalue weighted by atomic mass is 35.5. The van der Waals surface area contributed by atoms with Gasteiger partial charge < -0.3 is 5.32 Å². The summed E-state index contributed by atoms with van der Waals surface area (Å²) in [7, 11) is -3.27. The van der Waals surface area contributed by atoms with Gasteiger partial charge in [-0.1, -0.05) is 36.9 Å². The fourth-order valence-electron chi connectivity index (χ4n) is 3.00. The minimum absolute atomic E-state index is 0.0572. The van der Waals surface area contributed by atoms with Gasteiger partial charge in [-0.25, -0.2) is 8.42 Å². The first-order valence-electron chi connectivity index (χ1n) is 7.88. The lowest BCUT2D eigenvalue weighted by molar-refractivity contribution is 0.0949. The Kier molecular flexibility index (Phi) is 6.44. The average Bonchev–Trinajstić information content (AvgIpc) is 2.51. The molecule has 1 amide bonds. The predicted molar refractivity (Wildman–Crippen MR) is 92.2 cm³/mol. The number of carbonyl (C=O) groups is 1. The summed E-state index contributed by atoms with van der Waals surface area (Å²) in [5, 5.41) is 3.26. The highest BCUT2D eigenvalue weighted by molar-refractivity contribution is 7.88. The molecule has 1 aromatic rings. The van der Waals surface area contributed by atoms with E-state index in [2.05, 4.69) is 5.32 Å². The highest BCUT2D eigenvalue weighted by Crippen LogP contribution is 2.24. The van der Waals surface area contributed by atoms with Crippen molar-refractivity contribution in [1.29, 1.82) is 0 Å². The molecule has 1 N–H and O–H groups in total. The predicted octanol–water partition coefficient (Wildman–Crippen LogP) is 2.66. The van der Waals surface area contributed by atoms with E-state index in [0.29, 0.717) is 17.1 Å². The molecule has 1 aliphatic carbocycles. The Labute approximate surface area is 143 Å². The number of nitrogens with zero attached hydrogens (tertiary/aromatic N) is 1. The van der Waals surface area contributed by atoms with Crippen molar-refractivity contribution in [3.8, 4) is 0 Å². The first-order valence-corrected chi connectivity index (χ1v) is 10.1. The third-order valence-electron chi connectivity index (χ3n) is 4.11. The van der Waals surface area contributed by atoms with Crippen LogP contribution >= 0.6 is 11.6 Å². The molecule has 0 atom stereocenters. The van der Waals surface area contributed by atoms with Gasteiger partial charge in [0, 0.05) is 29.7 Å². The number of hydrogen-bond donors (Lipinski definition) is 1. The van der Waals surface area contributed by atoms with E-state index >= 15 is 0 Å². The number of hydrogen-bond acceptors (Lipinski definition) is 3. The first-order chi connectivity index (χ1) is 10.9. The quantitative estimate of drug-likeness (QED) is 0.850. The molecule has 0 aliphatic heterocycles. The fourth-order valence-corrected chi connectivity index (χ4v) is 4.37. The molecule has 0 saturated heterocycles. The minimum atomic E-state index is -3.27. The maximum absolute atomic E-state index is 12.1. The largest absolute Gasteiger partial charge is 0.351 e. The summed E-state index contributed by atoms with van der Waals surface area (Å²) in [6, 6.07) is 6.74. The smallest absolute Gasteiger partial charge is 0.251 e. The lowest BCUT2D eigenvalue weighted by Gasteiger charge is -2.32. The summed E-state index contributed by atoms with van der Waals surface area (Å²) in [6.07, 6.45) is 6.32. The molecule has 0 radical (unpaired) electrons. The van der Waals surface area contributed by atoms with Gasteiger partial charge in [0.25, 0.3) is 5.91 Å². The van der Waals surface area contributed by atoms with Crippen molar-refractivity contribution < 1.29 is 13.2 Å². The molecular formula is C16H23ClN2O3S. The SMILES string of the molecule is CS(=O)(=O)N(CCNC(=O)c1cccc(Cl)c1)C1CCCCC1. The summed E-state index contributed by atoms with van der Waals surface area (Å²) < 4.78 is 25.6. The maximum atomic E-state index is 12.1. The minimum Gasteiger partial charge on any atom is -0.351 e. The molecule has 1 aromatic carbocycles. The van der Waals surface area contributed by atoms with Crippen LogP contribution in [0.4, 0.5) is 0 Å². The fraction of sp³-hybridized carbons (Fsp3) is 0.562. The van der Waals surface area contributed by atoms with Crippen molar-refractivity contribution in [2.24, 2.45) is 0 Å². The number of rotatable bonds is 6. The van der Waals surface area contributed by atoms with Crippen molar-refractivity contribution in [3.63, 3.8) is 0 Å². The molecule has 0 bridgehead atoms. The van der Waals surface area contributed by atoms with Crippen LogP contribution in [0.15, 0.2) is 24.3 Å². The summed E-state index contributed by atoms with van der Waals surface area (Å²) in [5.41, 5.74) is 0.473. The van der Waals surface area contributed by atoms with E-state index in [0.717, 1.165) is 25.7 Å². The molecule has 0 heterocycles. The Balaban J connectivity index is 1.92. The van der Waals surface area contributed by atoms with Gasteiger partial charge in [0.05, 0.1) is 6.26 Å². The Hall–Kier alpha value is -1.11. The molecule has 2 rings (SSSR count). The Morgan fingerprint density at radius 1 is 1.30 bits per heavy atom. The second-order valence-electron chi connectivity index (χ2n) is 5.93. The first kappa shape index (κ1) is 18.2. The van der Waals surface area contributed by atoms with Gasteiger partial charge in [0.15, 0.2) is 0 Å². The molecule has 23 heavy (non-hydrogen) atoms. The zero-order chi connectivity index (χ0) is 16.9. The van der Waals surface area contributed by atoms with Crippen molar-refractivity contribution in [3.05, 3.63) is 34.9 Å². The van der Waals surface area contributed by atoms with Gasteiger partial charge in [0.1, 0.15) is 0 Å². The van der Waals surface area contributed by atoms with E-state index in [9.17, 15) is 13.2 Å². The summed E-state index contributed by atoms with van der Waals surface area (Å²) in [4.78, 5) is 12.1. The van der Waals surface area contributed by atoms with Crippen LogP contribution in [0.2, 0.25) is 5.02 Å². The number of benzene rings is 1. The summed E-state index contributed by atoms with van der Waals surface area (Å²) >= 11 is 5.87. The van der Waals surface area contributed by atoms with Gasteiger partial charge >= 0.3 is 0 Å². The normalized spacial score (nSPS) is 16.5. The van der Waals surface area contributed by atoms with Gasteiger partial charge in [-0.3, -0.25) is 4.79 Å². The van der Waals surface area contributed by atoms with Crippen LogP contribution in [-0.4, -0.2) is 44.0 Å². The van der Waals surface area contributed by atoms with E-state index in [1.54, 1.807) is 24.3 Å². The van der Waals surface area contributed by atoms with Crippen LogP contribution in [0.3, 0.4) is 0 Å². The van der Waals surface area contributed by atoms with Crippen molar-refractivity contribution >= 4 is 27.5 Å². The lowest BCUT2D eigenvalue weighted by Crippen LogP contribution is -2.45. The number of halogens is 1. The lowest BCUT2D eigenvalue weighted by atomic mass is 9.95. The van der Waals surface area contributed by atoms with Crippen LogP contribution in [0.5, 0.6) is 0 Å². The Morgan fingerprint density at radius 3 is 2.61 bits per heavy atom. The van der Waals surface area contributed by atoms with Crippen LogP contribution in [-0.2, 0) is 10.0 Å². The van der Waals surface area contributed by atoms with Crippen molar-refractivity contribution in [1.82, 2.24) is 9.62 Å². The Bertz CT molecular complexity index is 642. The average molecular weight is 359 g/mol. The van der Waals surface area contributed by atoms with E-state index in [1.165, 1.54) is 17.0 Å². The maximum Gasteiger partial charge on any atom is 0.251 e. The molecule has 0 aromatic heterocycles. The molecule has 0 spiro atoms. The van der Waals surface area contributed by atoms with E-state index < -0.39 is 10.0 Å². The number of nitrogens with one attached hydrogen (secondary N) is 1. The second kappa shape index (κ2) is 8.13. The van der Waals surface area contributed by atoms with Gasteiger partial charge in [-0.15, -0.1) is 0 Å². The molecule has 5 nitrogen and oxygen atoms in total. The number of sulfonamides is 1. The summed E-state index contributed by atoms with van der Waals surface area (Å²) in [5.74, 6) is -0.246. The van der Waals surface area contributed by atoms with Crippen LogP contribution in [0.25, 0.3) is 0 Å². The number of amides is 1. The molecular weight excluding hydrogens is 336 g/mol. The van der Waals surface area contributed by atoms with Crippen LogP contribution in [0, 0.1) is 0 Å². The monoisotopic (exact) mass is 358 g/mol. The zero-order valence-electron chi connectivity index (χ0n) is 13.3. The van der Waals surface area contributed by atoms with E-state index in [-0.39, 0.29) is 18.5 Å². The third kappa shape index (κ3) is 5.48. The van der Waals surface area contributed by atoms with Gasteiger partial charge in [-0.05, 0) is 31.0 Å². The number of carbonyl (C=O) groups excluding carboxylic acids is 1. The van der Waals surface area contributed by atoms with Gasteiger partial charge in [0.2, 0.25) is 10.0 Å². The standard InChI is InChI=1S/C16H23ClN2O3S/c1-23(21,22)19(15-8-3-2-4-9-15)11-10-18-16(20)13-6-5-7-14(17)12-13/h5-7,12,15H,2-4,8-11H2,1H3,(H,18,20). The van der Waals surface area contributed by atoms with Crippen LogP contribution in [0.1, 0.15) is 42.5 Å². The molecule has 1 aliphatic rings. The van der Waals surface area contributed by atoms with Crippen LogP contribution < -0.4 is 5.32 Å². The topological polar surface area (TPSA) is 66.5 Å². The molecule has 1 saturated carbocycles. The van der Waals surface area contributed by atoms with Gasteiger partial charge in [-0.2, -0.15) is 4.31 Å². The van der Waals surface area contributed by atoms with Crippen molar-refractivity contribution in [2.45, 2.75) is 38.1 Å². The molecule has 0 unspecified atom stereocenters. The second-order valence-corrected chi connectivity index (χ2v) is 8.30. The zero-order valence-corrected chi connectivity index (χ0v) is 14.9. The van der Waals surface area contributed by atoms with Crippen molar-refractivity contribution in [2.75, 3.05) is 19.3 Å². The Morgan fingerprint density at radius 2 is 2.00 bits per heavy atom. The molecule has 128 valence electrons. The summed E-state index contributed by atoms with van der Waals surface area (Å²) in [6.45, 7) is 0.588. The molecule has 1 fully saturated rings. The van der Waals surface area contributed by atoms with E-state index in [4.69, 9.17) is 11.6 Å². The highest BCUT2D eigenvalue weighted by Gasteiger charge is 2.27. The molecule has 7 heteroatoms.